The van der Waals surface area contributed by atoms with E-state index in [-0.39, 0.29) is 17.6 Å². The number of aromatic hydroxyl groups is 1. The van der Waals surface area contributed by atoms with Crippen LogP contribution in [-0.4, -0.2) is 79.1 Å². The molecule has 0 spiro atoms. The van der Waals surface area contributed by atoms with Gasteiger partial charge in [-0.15, -0.1) is 0 Å². The average Bonchev–Trinajstić information content (AvgIpc) is 2.72. The van der Waals surface area contributed by atoms with Crippen molar-refractivity contribution in [1.29, 1.82) is 0 Å². The van der Waals surface area contributed by atoms with E-state index < -0.39 is 0 Å². The van der Waals surface area contributed by atoms with Crippen LogP contribution in [0.5, 0.6) is 5.75 Å². The van der Waals surface area contributed by atoms with Gasteiger partial charge in [-0.3, -0.25) is 9.59 Å². The van der Waals surface area contributed by atoms with Gasteiger partial charge in [-0.1, -0.05) is 0 Å². The van der Waals surface area contributed by atoms with E-state index in [9.17, 15) is 14.7 Å². The average molecular weight is 374 g/mol. The van der Waals surface area contributed by atoms with Crippen LogP contribution in [0.4, 0.5) is 0 Å². The second-order valence-electron chi connectivity index (χ2n) is 7.44. The summed E-state index contributed by atoms with van der Waals surface area (Å²) in [6.07, 6.45) is 3.59. The Hall–Kier alpha value is -2.12. The van der Waals surface area contributed by atoms with Gasteiger partial charge in [0.15, 0.2) is 0 Å². The molecule has 2 aliphatic heterocycles. The molecular formula is C20H30N4O3. The zero-order chi connectivity index (χ0) is 19.4. The molecule has 148 valence electrons. The Bertz CT molecular complexity index is 678. The highest BCUT2D eigenvalue weighted by atomic mass is 16.3. The largest absolute Gasteiger partial charge is 0.508 e. The molecule has 0 bridgehead atoms. The predicted octanol–water partition coefficient (Wildman–Crippen LogP) is 1.04. The standard InChI is InChI=1S/C20H30N4O3/c1-21-14-5-9-23(10-6-14)19(26)17-4-3-16(25)13-18(17)20(27)24-11-7-15(22-2)8-12-24/h3-4,13-15,21-22,25H,5-12H2,1-2H3. The van der Waals surface area contributed by atoms with Crippen molar-refractivity contribution in [1.82, 2.24) is 20.4 Å². The molecule has 2 fully saturated rings. The van der Waals surface area contributed by atoms with Gasteiger partial charge in [0.05, 0.1) is 11.1 Å². The lowest BCUT2D eigenvalue weighted by atomic mass is 9.99. The number of carbonyl (C=O) groups is 2. The van der Waals surface area contributed by atoms with E-state index in [4.69, 9.17) is 0 Å². The number of phenolic OH excluding ortho intramolecular Hbond substituents is 1. The third-order valence-electron chi connectivity index (χ3n) is 5.84. The molecule has 3 N–H and O–H groups in total. The van der Waals surface area contributed by atoms with E-state index in [0.717, 1.165) is 25.7 Å². The third-order valence-corrected chi connectivity index (χ3v) is 5.84. The second kappa shape index (κ2) is 8.71. The van der Waals surface area contributed by atoms with Gasteiger partial charge < -0.3 is 25.5 Å². The Morgan fingerprint density at radius 3 is 1.74 bits per heavy atom. The van der Waals surface area contributed by atoms with Gasteiger partial charge in [0.25, 0.3) is 11.8 Å². The van der Waals surface area contributed by atoms with Crippen LogP contribution in [0.2, 0.25) is 0 Å². The van der Waals surface area contributed by atoms with Crippen LogP contribution in [0.3, 0.4) is 0 Å². The van der Waals surface area contributed by atoms with Crippen molar-refractivity contribution >= 4 is 11.8 Å². The fraction of sp³-hybridized carbons (Fsp3) is 0.600. The van der Waals surface area contributed by atoms with Crippen LogP contribution in [0.25, 0.3) is 0 Å². The van der Waals surface area contributed by atoms with Crippen molar-refractivity contribution < 1.29 is 14.7 Å². The number of piperidine rings is 2. The van der Waals surface area contributed by atoms with Gasteiger partial charge in [-0.25, -0.2) is 0 Å². The highest BCUT2D eigenvalue weighted by molar-refractivity contribution is 6.07. The second-order valence-corrected chi connectivity index (χ2v) is 7.44. The van der Waals surface area contributed by atoms with E-state index in [1.165, 1.54) is 12.1 Å². The molecule has 0 unspecified atom stereocenters. The number of phenols is 1. The Morgan fingerprint density at radius 2 is 1.30 bits per heavy atom. The number of rotatable bonds is 4. The maximum Gasteiger partial charge on any atom is 0.254 e. The molecule has 27 heavy (non-hydrogen) atoms. The molecule has 2 saturated heterocycles. The zero-order valence-electron chi connectivity index (χ0n) is 16.2. The topological polar surface area (TPSA) is 84.9 Å². The smallest absolute Gasteiger partial charge is 0.254 e. The molecule has 2 amide bonds. The summed E-state index contributed by atoms with van der Waals surface area (Å²) in [4.78, 5) is 29.7. The first-order valence-corrected chi connectivity index (χ1v) is 9.79. The summed E-state index contributed by atoms with van der Waals surface area (Å²) >= 11 is 0. The van der Waals surface area contributed by atoms with E-state index in [1.54, 1.807) is 11.0 Å². The van der Waals surface area contributed by atoms with E-state index in [1.807, 2.05) is 19.0 Å². The molecule has 7 heteroatoms. The number of hydrogen-bond acceptors (Lipinski definition) is 5. The molecule has 0 aromatic heterocycles. The fourth-order valence-corrected chi connectivity index (χ4v) is 3.98. The Balaban J connectivity index is 1.77. The van der Waals surface area contributed by atoms with Gasteiger partial charge in [0.1, 0.15) is 5.75 Å². The summed E-state index contributed by atoms with van der Waals surface area (Å²) in [6.45, 7) is 2.65. The SMILES string of the molecule is CNC1CCN(C(=O)c2ccc(O)cc2C(=O)N2CCC(NC)CC2)CC1. The lowest BCUT2D eigenvalue weighted by Crippen LogP contribution is -2.46. The summed E-state index contributed by atoms with van der Waals surface area (Å²) in [6, 6.07) is 5.35. The van der Waals surface area contributed by atoms with Crippen LogP contribution in [0, 0.1) is 0 Å². The van der Waals surface area contributed by atoms with E-state index in [2.05, 4.69) is 10.6 Å². The van der Waals surface area contributed by atoms with E-state index in [0.29, 0.717) is 49.4 Å². The fourth-order valence-electron chi connectivity index (χ4n) is 3.98. The highest BCUT2D eigenvalue weighted by Crippen LogP contribution is 2.23. The quantitative estimate of drug-likeness (QED) is 0.733. The molecule has 1 aromatic carbocycles. The van der Waals surface area contributed by atoms with Gasteiger partial charge in [-0.05, 0) is 58.0 Å². The Labute approximate surface area is 160 Å². The Kier molecular flexibility index (Phi) is 6.34. The first kappa shape index (κ1) is 19.6. The molecule has 0 saturated carbocycles. The number of benzene rings is 1. The van der Waals surface area contributed by atoms with Crippen LogP contribution in [0.15, 0.2) is 18.2 Å². The minimum Gasteiger partial charge on any atom is -0.508 e. The number of hydrogen-bond donors (Lipinski definition) is 3. The van der Waals surface area contributed by atoms with Crippen LogP contribution in [0.1, 0.15) is 46.4 Å². The van der Waals surface area contributed by atoms with Crippen molar-refractivity contribution in [3.8, 4) is 5.75 Å². The van der Waals surface area contributed by atoms with Gasteiger partial charge >= 0.3 is 0 Å². The predicted molar refractivity (Wildman–Crippen MR) is 104 cm³/mol. The van der Waals surface area contributed by atoms with Crippen molar-refractivity contribution in [3.05, 3.63) is 29.3 Å². The summed E-state index contributed by atoms with van der Waals surface area (Å²) in [5.41, 5.74) is 0.690. The normalized spacial score (nSPS) is 19.3. The molecule has 0 aliphatic carbocycles. The van der Waals surface area contributed by atoms with E-state index >= 15 is 0 Å². The van der Waals surface area contributed by atoms with Crippen LogP contribution >= 0.6 is 0 Å². The first-order valence-electron chi connectivity index (χ1n) is 9.79. The third kappa shape index (κ3) is 4.42. The molecule has 2 heterocycles. The molecule has 0 atom stereocenters. The van der Waals surface area contributed by atoms with Crippen molar-refractivity contribution in [3.63, 3.8) is 0 Å². The van der Waals surface area contributed by atoms with Crippen molar-refractivity contribution in [2.24, 2.45) is 0 Å². The summed E-state index contributed by atoms with van der Waals surface area (Å²) in [5.74, 6) is -0.291. The maximum atomic E-state index is 13.1. The molecular weight excluding hydrogens is 344 g/mol. The summed E-state index contributed by atoms with van der Waals surface area (Å²) in [7, 11) is 3.88. The number of amides is 2. The monoisotopic (exact) mass is 374 g/mol. The number of likely N-dealkylation sites (tertiary alicyclic amines) is 2. The van der Waals surface area contributed by atoms with Gasteiger partial charge in [0, 0.05) is 38.3 Å². The lowest BCUT2D eigenvalue weighted by Gasteiger charge is -2.34. The molecule has 1 aromatic rings. The van der Waals surface area contributed by atoms with Crippen LogP contribution < -0.4 is 10.6 Å². The first-order chi connectivity index (χ1) is 13.0. The maximum absolute atomic E-state index is 13.1. The number of nitrogens with one attached hydrogen (secondary N) is 2. The zero-order valence-corrected chi connectivity index (χ0v) is 16.2. The van der Waals surface area contributed by atoms with Gasteiger partial charge in [-0.2, -0.15) is 0 Å². The number of carbonyl (C=O) groups excluding carboxylic acids is 2. The molecule has 3 rings (SSSR count). The lowest BCUT2D eigenvalue weighted by molar-refractivity contribution is 0.0667. The molecule has 7 nitrogen and oxygen atoms in total. The van der Waals surface area contributed by atoms with Crippen LogP contribution in [-0.2, 0) is 0 Å². The van der Waals surface area contributed by atoms with Crippen molar-refractivity contribution in [2.75, 3.05) is 40.3 Å². The minimum absolute atomic E-state index is 0.00824. The Morgan fingerprint density at radius 1 is 0.852 bits per heavy atom. The molecule has 0 radical (unpaired) electrons. The number of nitrogens with zero attached hydrogens (tertiary/aromatic N) is 2. The molecule has 2 aliphatic rings. The van der Waals surface area contributed by atoms with Gasteiger partial charge in [0.2, 0.25) is 0 Å². The summed E-state index contributed by atoms with van der Waals surface area (Å²) < 4.78 is 0. The highest BCUT2D eigenvalue weighted by Gasteiger charge is 2.29. The summed E-state index contributed by atoms with van der Waals surface area (Å²) in [5, 5.41) is 16.4. The minimum atomic E-state index is -0.172. The van der Waals surface area contributed by atoms with Crippen molar-refractivity contribution in [2.45, 2.75) is 37.8 Å².